The molecule has 110 valence electrons. The molecule has 0 aliphatic carbocycles. The van der Waals surface area contributed by atoms with Crippen LogP contribution in [0.4, 0.5) is 5.69 Å². The molecule has 1 aliphatic rings. The fourth-order valence-corrected chi connectivity index (χ4v) is 3.15. The van der Waals surface area contributed by atoms with E-state index in [9.17, 15) is 4.79 Å². The molecule has 3 heteroatoms. The second-order valence-electron chi connectivity index (χ2n) is 6.34. The van der Waals surface area contributed by atoms with Gasteiger partial charge >= 0.3 is 0 Å². The average Bonchev–Trinajstić information content (AvgIpc) is 2.42. The van der Waals surface area contributed by atoms with Crippen molar-refractivity contribution in [3.8, 4) is 0 Å². The van der Waals surface area contributed by atoms with Crippen LogP contribution in [0.3, 0.4) is 0 Å². The van der Waals surface area contributed by atoms with Crippen molar-refractivity contribution < 1.29 is 9.69 Å². The highest BCUT2D eigenvalue weighted by atomic mass is 16.2. The van der Waals surface area contributed by atoms with Crippen LogP contribution in [0.15, 0.2) is 18.2 Å². The number of likely N-dealkylation sites (tertiary alicyclic amines) is 1. The average molecular weight is 275 g/mol. The highest BCUT2D eigenvalue weighted by Gasteiger charge is 2.29. The summed E-state index contributed by atoms with van der Waals surface area (Å²) >= 11 is 0. The lowest BCUT2D eigenvalue weighted by atomic mass is 9.99. The van der Waals surface area contributed by atoms with E-state index in [1.807, 2.05) is 32.0 Å². The number of nitrogens with one attached hydrogen (secondary N) is 2. The van der Waals surface area contributed by atoms with Gasteiger partial charge in [-0.3, -0.25) is 4.79 Å². The van der Waals surface area contributed by atoms with E-state index in [1.165, 1.54) is 17.7 Å². The van der Waals surface area contributed by atoms with Crippen molar-refractivity contribution in [3.05, 3.63) is 29.3 Å². The van der Waals surface area contributed by atoms with Crippen molar-refractivity contribution in [1.29, 1.82) is 0 Å². The smallest absolute Gasteiger partial charge is 0.282 e. The predicted octanol–water partition coefficient (Wildman–Crippen LogP) is 1.95. The second-order valence-corrected chi connectivity index (χ2v) is 6.34. The van der Waals surface area contributed by atoms with E-state index in [1.54, 1.807) is 0 Å². The molecule has 0 aromatic heterocycles. The lowest BCUT2D eigenvalue weighted by Gasteiger charge is -2.32. The van der Waals surface area contributed by atoms with Crippen molar-refractivity contribution in [3.63, 3.8) is 0 Å². The summed E-state index contributed by atoms with van der Waals surface area (Å²) in [6.45, 7) is 10.7. The Labute approximate surface area is 122 Å². The van der Waals surface area contributed by atoms with E-state index in [0.717, 1.165) is 35.8 Å². The Kier molecular flexibility index (Phi) is 4.81. The van der Waals surface area contributed by atoms with Crippen LogP contribution in [0, 0.1) is 19.8 Å². The molecular formula is C17H27N2O+. The van der Waals surface area contributed by atoms with E-state index in [-0.39, 0.29) is 11.9 Å². The Balaban J connectivity index is 2.04. The molecule has 0 bridgehead atoms. The number of carbonyl (C=O) groups excluding carboxylic acids is 1. The molecule has 1 unspecified atom stereocenters. The van der Waals surface area contributed by atoms with Gasteiger partial charge in [-0.1, -0.05) is 25.1 Å². The van der Waals surface area contributed by atoms with Crippen LogP contribution in [0.25, 0.3) is 0 Å². The first kappa shape index (κ1) is 15.0. The van der Waals surface area contributed by atoms with Gasteiger partial charge in [0.15, 0.2) is 6.04 Å². The summed E-state index contributed by atoms with van der Waals surface area (Å²) in [4.78, 5) is 13.9. The number of para-hydroxylation sites is 1. The summed E-state index contributed by atoms with van der Waals surface area (Å²) in [7, 11) is 0. The summed E-state index contributed by atoms with van der Waals surface area (Å²) in [5, 5.41) is 3.13. The normalized spacial score (nSPS) is 24.2. The van der Waals surface area contributed by atoms with Gasteiger partial charge in [-0.2, -0.15) is 0 Å². The molecule has 1 aromatic carbocycles. The Morgan fingerprint density at radius 1 is 1.35 bits per heavy atom. The molecule has 3 atom stereocenters. The number of piperidine rings is 1. The van der Waals surface area contributed by atoms with Crippen molar-refractivity contribution >= 4 is 11.6 Å². The highest BCUT2D eigenvalue weighted by molar-refractivity contribution is 5.95. The second kappa shape index (κ2) is 6.40. The van der Waals surface area contributed by atoms with Gasteiger partial charge in [-0.05, 0) is 44.7 Å². The molecule has 1 aliphatic heterocycles. The lowest BCUT2D eigenvalue weighted by Crippen LogP contribution is -3.17. The molecule has 0 saturated carbocycles. The largest absolute Gasteiger partial charge is 0.325 e. The SMILES string of the molecule is Cc1cccc(C)c1NC(=O)[C@@H](C)[NH+]1CCC[C@H](C)C1. The number of aryl methyl sites for hydroxylation is 2. The van der Waals surface area contributed by atoms with Crippen LogP contribution >= 0.6 is 0 Å². The topological polar surface area (TPSA) is 33.5 Å². The Morgan fingerprint density at radius 2 is 2.00 bits per heavy atom. The summed E-state index contributed by atoms with van der Waals surface area (Å²) in [6, 6.07) is 6.14. The van der Waals surface area contributed by atoms with Gasteiger partial charge in [0.05, 0.1) is 13.1 Å². The maximum Gasteiger partial charge on any atom is 0.282 e. The standard InChI is InChI=1S/C17H26N2O/c1-12-7-6-10-19(11-12)15(4)17(20)18-16-13(2)8-5-9-14(16)3/h5,8-9,12,15H,6-7,10-11H2,1-4H3,(H,18,20)/p+1/t12-,15+/m0/s1. The van der Waals surface area contributed by atoms with Crippen molar-refractivity contribution in [2.75, 3.05) is 18.4 Å². The van der Waals surface area contributed by atoms with Gasteiger partial charge in [-0.15, -0.1) is 0 Å². The van der Waals surface area contributed by atoms with E-state index in [0.29, 0.717) is 0 Å². The third kappa shape index (κ3) is 3.40. The molecule has 1 amide bonds. The van der Waals surface area contributed by atoms with Gasteiger partial charge in [0.25, 0.3) is 5.91 Å². The van der Waals surface area contributed by atoms with E-state index in [2.05, 4.69) is 19.2 Å². The minimum atomic E-state index is 0.0248. The Hall–Kier alpha value is -1.35. The Bertz CT molecular complexity index is 464. The van der Waals surface area contributed by atoms with Crippen molar-refractivity contribution in [2.45, 2.75) is 46.6 Å². The lowest BCUT2D eigenvalue weighted by molar-refractivity contribution is -0.922. The molecule has 2 N–H and O–H groups in total. The minimum absolute atomic E-state index is 0.0248. The minimum Gasteiger partial charge on any atom is -0.325 e. The molecule has 1 heterocycles. The van der Waals surface area contributed by atoms with Crippen molar-refractivity contribution in [2.24, 2.45) is 5.92 Å². The zero-order valence-corrected chi connectivity index (χ0v) is 13.1. The number of carbonyl (C=O) groups is 1. The molecular weight excluding hydrogens is 248 g/mol. The van der Waals surface area contributed by atoms with Crippen LogP contribution in [0.1, 0.15) is 37.8 Å². The number of rotatable bonds is 3. The van der Waals surface area contributed by atoms with Gasteiger partial charge in [-0.25, -0.2) is 0 Å². The van der Waals surface area contributed by atoms with E-state index < -0.39 is 0 Å². The molecule has 1 aromatic rings. The van der Waals surface area contributed by atoms with Crippen LogP contribution < -0.4 is 10.2 Å². The molecule has 1 fully saturated rings. The molecule has 3 nitrogen and oxygen atoms in total. The summed E-state index contributed by atoms with van der Waals surface area (Å²) < 4.78 is 0. The van der Waals surface area contributed by atoms with E-state index >= 15 is 0 Å². The van der Waals surface area contributed by atoms with Gasteiger partial charge in [0, 0.05) is 11.6 Å². The van der Waals surface area contributed by atoms with Gasteiger partial charge in [0.2, 0.25) is 0 Å². The van der Waals surface area contributed by atoms with Crippen LogP contribution in [-0.2, 0) is 4.79 Å². The summed E-state index contributed by atoms with van der Waals surface area (Å²) in [6.07, 6.45) is 2.53. The zero-order chi connectivity index (χ0) is 14.7. The number of anilines is 1. The van der Waals surface area contributed by atoms with Gasteiger partial charge < -0.3 is 10.2 Å². The highest BCUT2D eigenvalue weighted by Crippen LogP contribution is 2.19. The fraction of sp³-hybridized carbons (Fsp3) is 0.588. The maximum atomic E-state index is 12.5. The zero-order valence-electron chi connectivity index (χ0n) is 13.1. The third-order valence-electron chi connectivity index (χ3n) is 4.54. The van der Waals surface area contributed by atoms with Gasteiger partial charge in [0.1, 0.15) is 0 Å². The first-order valence-corrected chi connectivity index (χ1v) is 7.70. The molecule has 2 rings (SSSR count). The van der Waals surface area contributed by atoms with Crippen LogP contribution in [-0.4, -0.2) is 25.0 Å². The number of hydrogen-bond acceptors (Lipinski definition) is 1. The van der Waals surface area contributed by atoms with Crippen molar-refractivity contribution in [1.82, 2.24) is 0 Å². The number of amides is 1. The first-order chi connectivity index (χ1) is 9.49. The molecule has 20 heavy (non-hydrogen) atoms. The third-order valence-corrected chi connectivity index (χ3v) is 4.54. The molecule has 0 spiro atoms. The number of hydrogen-bond donors (Lipinski definition) is 2. The van der Waals surface area contributed by atoms with Crippen LogP contribution in [0.2, 0.25) is 0 Å². The predicted molar refractivity (Wildman–Crippen MR) is 83.1 cm³/mol. The van der Waals surface area contributed by atoms with Crippen LogP contribution in [0.5, 0.6) is 0 Å². The first-order valence-electron chi connectivity index (χ1n) is 7.70. The summed E-state index contributed by atoms with van der Waals surface area (Å²) in [5.41, 5.74) is 3.24. The quantitative estimate of drug-likeness (QED) is 0.868. The molecule has 1 saturated heterocycles. The summed E-state index contributed by atoms with van der Waals surface area (Å²) in [5.74, 6) is 0.876. The molecule has 0 radical (unpaired) electrons. The monoisotopic (exact) mass is 275 g/mol. The number of benzene rings is 1. The fourth-order valence-electron chi connectivity index (χ4n) is 3.15. The maximum absolute atomic E-state index is 12.5. The Morgan fingerprint density at radius 3 is 2.60 bits per heavy atom. The van der Waals surface area contributed by atoms with E-state index in [4.69, 9.17) is 0 Å². The number of quaternary nitrogens is 1.